The van der Waals surface area contributed by atoms with Crippen LogP contribution in [0, 0.1) is 5.82 Å². The fourth-order valence-corrected chi connectivity index (χ4v) is 2.24. The molecule has 4 heteroatoms. The largest absolute Gasteiger partial charge is 0.324 e. The highest BCUT2D eigenvalue weighted by Gasteiger charge is 2.15. The SMILES string of the molecule is CCC(C)NCc1nc2c(F)cccc2n1C(C)C. The van der Waals surface area contributed by atoms with Gasteiger partial charge in [0.2, 0.25) is 0 Å². The summed E-state index contributed by atoms with van der Waals surface area (Å²) in [5.74, 6) is 0.650. The Bertz CT molecular complexity index is 560. The van der Waals surface area contributed by atoms with E-state index in [2.05, 4.69) is 42.6 Å². The number of para-hydroxylation sites is 1. The number of fused-ring (bicyclic) bond motifs is 1. The second kappa shape index (κ2) is 5.70. The highest BCUT2D eigenvalue weighted by Crippen LogP contribution is 2.23. The van der Waals surface area contributed by atoms with E-state index in [0.717, 1.165) is 17.8 Å². The van der Waals surface area contributed by atoms with Crippen LogP contribution in [0.4, 0.5) is 4.39 Å². The van der Waals surface area contributed by atoms with E-state index >= 15 is 0 Å². The molecule has 1 aromatic heterocycles. The average molecular weight is 263 g/mol. The summed E-state index contributed by atoms with van der Waals surface area (Å²) in [6.07, 6.45) is 1.07. The lowest BCUT2D eigenvalue weighted by molar-refractivity contribution is 0.496. The second-order valence-electron chi connectivity index (χ2n) is 5.29. The molecule has 0 saturated carbocycles. The Hall–Kier alpha value is -1.42. The summed E-state index contributed by atoms with van der Waals surface area (Å²) in [7, 11) is 0. The van der Waals surface area contributed by atoms with E-state index < -0.39 is 0 Å². The van der Waals surface area contributed by atoms with Crippen molar-refractivity contribution in [3.05, 3.63) is 29.8 Å². The zero-order valence-corrected chi connectivity index (χ0v) is 12.1. The highest BCUT2D eigenvalue weighted by atomic mass is 19.1. The molecule has 0 bridgehead atoms. The zero-order chi connectivity index (χ0) is 14.0. The van der Waals surface area contributed by atoms with Crippen LogP contribution in [0.25, 0.3) is 11.0 Å². The summed E-state index contributed by atoms with van der Waals surface area (Å²) in [6.45, 7) is 9.14. The predicted octanol–water partition coefficient (Wildman–Crippen LogP) is 3.64. The molecule has 0 aliphatic rings. The fourth-order valence-electron chi connectivity index (χ4n) is 2.24. The number of halogens is 1. The Kier molecular flexibility index (Phi) is 4.20. The summed E-state index contributed by atoms with van der Waals surface area (Å²) in [6, 6.07) is 5.83. The maximum Gasteiger partial charge on any atom is 0.151 e. The summed E-state index contributed by atoms with van der Waals surface area (Å²) < 4.78 is 15.9. The van der Waals surface area contributed by atoms with Gasteiger partial charge >= 0.3 is 0 Å². The van der Waals surface area contributed by atoms with Crippen molar-refractivity contribution in [3.63, 3.8) is 0 Å². The van der Waals surface area contributed by atoms with Crippen molar-refractivity contribution in [2.24, 2.45) is 0 Å². The standard InChI is InChI=1S/C15H22FN3/c1-5-11(4)17-9-14-18-15-12(16)7-6-8-13(15)19(14)10(2)3/h6-8,10-11,17H,5,9H2,1-4H3. The number of hydrogen-bond acceptors (Lipinski definition) is 2. The minimum Gasteiger partial charge on any atom is -0.324 e. The van der Waals surface area contributed by atoms with E-state index in [0.29, 0.717) is 18.1 Å². The van der Waals surface area contributed by atoms with Crippen LogP contribution >= 0.6 is 0 Å². The first kappa shape index (κ1) is 14.0. The van der Waals surface area contributed by atoms with Crippen molar-refractivity contribution in [1.82, 2.24) is 14.9 Å². The molecular weight excluding hydrogens is 241 g/mol. The summed E-state index contributed by atoms with van der Waals surface area (Å²) in [5, 5.41) is 3.42. The van der Waals surface area contributed by atoms with Crippen LogP contribution in [-0.2, 0) is 6.54 Å². The molecule has 2 rings (SSSR count). The molecule has 0 radical (unpaired) electrons. The normalized spacial score (nSPS) is 13.4. The number of benzene rings is 1. The Balaban J connectivity index is 2.42. The molecule has 1 N–H and O–H groups in total. The molecule has 0 saturated heterocycles. The van der Waals surface area contributed by atoms with Gasteiger partial charge < -0.3 is 9.88 Å². The smallest absolute Gasteiger partial charge is 0.151 e. The molecule has 0 spiro atoms. The van der Waals surface area contributed by atoms with Gasteiger partial charge in [0.15, 0.2) is 5.82 Å². The molecule has 2 aromatic rings. The molecule has 0 aliphatic heterocycles. The lowest BCUT2D eigenvalue weighted by Gasteiger charge is -2.15. The zero-order valence-electron chi connectivity index (χ0n) is 12.1. The molecule has 1 atom stereocenters. The third-order valence-corrected chi connectivity index (χ3v) is 3.48. The fraction of sp³-hybridized carbons (Fsp3) is 0.533. The van der Waals surface area contributed by atoms with Gasteiger partial charge in [0.05, 0.1) is 12.1 Å². The average Bonchev–Trinajstić information content (AvgIpc) is 2.76. The van der Waals surface area contributed by atoms with Gasteiger partial charge in [-0.2, -0.15) is 0 Å². The molecule has 1 aromatic carbocycles. The van der Waals surface area contributed by atoms with Gasteiger partial charge in [-0.1, -0.05) is 13.0 Å². The Morgan fingerprint density at radius 1 is 1.32 bits per heavy atom. The van der Waals surface area contributed by atoms with Crippen LogP contribution < -0.4 is 5.32 Å². The van der Waals surface area contributed by atoms with Gasteiger partial charge in [-0.25, -0.2) is 9.37 Å². The Morgan fingerprint density at radius 3 is 2.68 bits per heavy atom. The predicted molar refractivity (Wildman–Crippen MR) is 76.7 cm³/mol. The van der Waals surface area contributed by atoms with Crippen molar-refractivity contribution in [2.75, 3.05) is 0 Å². The third-order valence-electron chi connectivity index (χ3n) is 3.48. The quantitative estimate of drug-likeness (QED) is 0.892. The van der Waals surface area contributed by atoms with E-state index in [1.807, 2.05) is 6.07 Å². The minimum absolute atomic E-state index is 0.248. The number of rotatable bonds is 5. The molecule has 0 aliphatic carbocycles. The molecule has 1 unspecified atom stereocenters. The van der Waals surface area contributed by atoms with Gasteiger partial charge in [-0.05, 0) is 39.3 Å². The number of imidazole rings is 1. The number of hydrogen-bond donors (Lipinski definition) is 1. The first-order valence-electron chi connectivity index (χ1n) is 6.93. The minimum atomic E-state index is -0.248. The molecule has 19 heavy (non-hydrogen) atoms. The second-order valence-corrected chi connectivity index (χ2v) is 5.29. The van der Waals surface area contributed by atoms with E-state index in [-0.39, 0.29) is 11.9 Å². The van der Waals surface area contributed by atoms with Crippen molar-refractivity contribution < 1.29 is 4.39 Å². The van der Waals surface area contributed by atoms with E-state index in [4.69, 9.17) is 0 Å². The Morgan fingerprint density at radius 2 is 2.05 bits per heavy atom. The van der Waals surface area contributed by atoms with Crippen LogP contribution in [0.2, 0.25) is 0 Å². The lowest BCUT2D eigenvalue weighted by Crippen LogP contribution is -2.26. The van der Waals surface area contributed by atoms with Gasteiger partial charge in [-0.15, -0.1) is 0 Å². The van der Waals surface area contributed by atoms with Crippen molar-refractivity contribution >= 4 is 11.0 Å². The molecule has 0 fully saturated rings. The summed E-state index contributed by atoms with van der Waals surface area (Å²) >= 11 is 0. The van der Waals surface area contributed by atoms with Crippen molar-refractivity contribution in [2.45, 2.75) is 52.7 Å². The van der Waals surface area contributed by atoms with E-state index in [9.17, 15) is 4.39 Å². The highest BCUT2D eigenvalue weighted by molar-refractivity contribution is 5.76. The molecule has 1 heterocycles. The molecule has 104 valence electrons. The first-order valence-corrected chi connectivity index (χ1v) is 6.93. The third kappa shape index (κ3) is 2.78. The maximum absolute atomic E-state index is 13.8. The van der Waals surface area contributed by atoms with Crippen molar-refractivity contribution in [3.8, 4) is 0 Å². The van der Waals surface area contributed by atoms with Crippen LogP contribution in [0.5, 0.6) is 0 Å². The van der Waals surface area contributed by atoms with Gasteiger partial charge in [-0.3, -0.25) is 0 Å². The van der Waals surface area contributed by atoms with Crippen LogP contribution in [-0.4, -0.2) is 15.6 Å². The van der Waals surface area contributed by atoms with Crippen LogP contribution in [0.3, 0.4) is 0 Å². The molecular formula is C15H22FN3. The topological polar surface area (TPSA) is 29.9 Å². The lowest BCUT2D eigenvalue weighted by atomic mass is 10.2. The monoisotopic (exact) mass is 263 g/mol. The van der Waals surface area contributed by atoms with Gasteiger partial charge in [0.1, 0.15) is 11.3 Å². The van der Waals surface area contributed by atoms with Gasteiger partial charge in [0, 0.05) is 12.1 Å². The van der Waals surface area contributed by atoms with Crippen LogP contribution in [0.15, 0.2) is 18.2 Å². The van der Waals surface area contributed by atoms with Crippen molar-refractivity contribution in [1.29, 1.82) is 0 Å². The van der Waals surface area contributed by atoms with E-state index in [1.165, 1.54) is 6.07 Å². The summed E-state index contributed by atoms with van der Waals surface area (Å²) in [4.78, 5) is 4.47. The Labute approximate surface area is 113 Å². The van der Waals surface area contributed by atoms with E-state index in [1.54, 1.807) is 6.07 Å². The summed E-state index contributed by atoms with van der Waals surface area (Å²) in [5.41, 5.74) is 1.34. The number of nitrogens with one attached hydrogen (secondary N) is 1. The van der Waals surface area contributed by atoms with Gasteiger partial charge in [0.25, 0.3) is 0 Å². The van der Waals surface area contributed by atoms with Crippen LogP contribution in [0.1, 0.15) is 46.0 Å². The first-order chi connectivity index (χ1) is 9.04. The molecule has 0 amide bonds. The number of aromatic nitrogens is 2. The molecule has 3 nitrogen and oxygen atoms in total. The maximum atomic E-state index is 13.8. The number of nitrogens with zero attached hydrogens (tertiary/aromatic N) is 2.